The van der Waals surface area contributed by atoms with Crippen molar-refractivity contribution < 1.29 is 22.0 Å². The summed E-state index contributed by atoms with van der Waals surface area (Å²) in [7, 11) is -4.04. The van der Waals surface area contributed by atoms with Crippen molar-refractivity contribution in [3.8, 4) is 0 Å². The van der Waals surface area contributed by atoms with Gasteiger partial charge in [-0.1, -0.05) is 26.0 Å². The summed E-state index contributed by atoms with van der Waals surface area (Å²) in [5, 5.41) is 5.50. The summed E-state index contributed by atoms with van der Waals surface area (Å²) in [5.41, 5.74) is -0.186. The molecule has 0 aliphatic carbocycles. The van der Waals surface area contributed by atoms with Crippen LogP contribution in [0.5, 0.6) is 0 Å². The second-order valence-electron chi connectivity index (χ2n) is 7.07. The van der Waals surface area contributed by atoms with Crippen molar-refractivity contribution in [1.29, 1.82) is 0 Å². The van der Waals surface area contributed by atoms with Gasteiger partial charge in [0.1, 0.15) is 18.2 Å². The number of halogens is 2. The van der Waals surface area contributed by atoms with Crippen LogP contribution in [0.15, 0.2) is 69.3 Å². The average molecular weight is 447 g/mol. The van der Waals surface area contributed by atoms with Crippen LogP contribution >= 0.6 is 0 Å². The number of hydrogen-bond donors (Lipinski definition) is 1. The fourth-order valence-corrected chi connectivity index (χ4v) is 3.95. The molecule has 1 heterocycles. The molecule has 162 valence electrons. The highest BCUT2D eigenvalue weighted by molar-refractivity contribution is 7.91. The summed E-state index contributed by atoms with van der Waals surface area (Å²) in [6.45, 7) is 3.26. The maximum atomic E-state index is 13.7. The van der Waals surface area contributed by atoms with Gasteiger partial charge in [-0.15, -0.1) is 0 Å². The van der Waals surface area contributed by atoms with Crippen molar-refractivity contribution in [3.05, 3.63) is 82.1 Å². The number of benzene rings is 2. The number of nitrogens with zero attached hydrogens (tertiary/aromatic N) is 2. The third-order valence-electron chi connectivity index (χ3n) is 4.47. The number of carbonyl (C=O) groups excluding carboxylic acids is 1. The first-order valence-electron chi connectivity index (χ1n) is 9.26. The molecule has 0 saturated carbocycles. The molecule has 2 aromatic carbocycles. The molecule has 0 atom stereocenters. The summed E-state index contributed by atoms with van der Waals surface area (Å²) in [5.74, 6) is -2.28. The second kappa shape index (κ2) is 8.76. The molecule has 0 bridgehead atoms. The van der Waals surface area contributed by atoms with Gasteiger partial charge in [-0.25, -0.2) is 21.9 Å². The van der Waals surface area contributed by atoms with Crippen LogP contribution in [0.1, 0.15) is 25.3 Å². The SMILES string of the molecule is CC(C)c1ccc(S(=O)(=O)c2ccc(=O)n(CC(=O)Nc3cc(F)ccc3F)n2)cc1. The zero-order valence-electron chi connectivity index (χ0n) is 16.7. The highest BCUT2D eigenvalue weighted by Gasteiger charge is 2.21. The summed E-state index contributed by atoms with van der Waals surface area (Å²) in [6, 6.07) is 10.8. The van der Waals surface area contributed by atoms with Crippen LogP contribution in [0.2, 0.25) is 0 Å². The van der Waals surface area contributed by atoms with Crippen molar-refractivity contribution in [3.63, 3.8) is 0 Å². The predicted molar refractivity (Wildman–Crippen MR) is 109 cm³/mol. The van der Waals surface area contributed by atoms with E-state index < -0.39 is 50.2 Å². The van der Waals surface area contributed by atoms with Gasteiger partial charge >= 0.3 is 0 Å². The molecule has 10 heteroatoms. The molecule has 1 amide bonds. The Morgan fingerprint density at radius 3 is 2.39 bits per heavy atom. The van der Waals surface area contributed by atoms with Gasteiger partial charge in [-0.05, 0) is 41.8 Å². The maximum Gasteiger partial charge on any atom is 0.267 e. The van der Waals surface area contributed by atoms with E-state index in [2.05, 4.69) is 10.4 Å². The van der Waals surface area contributed by atoms with Crippen molar-refractivity contribution in [2.24, 2.45) is 0 Å². The van der Waals surface area contributed by atoms with Crippen LogP contribution < -0.4 is 10.9 Å². The summed E-state index contributed by atoms with van der Waals surface area (Å²) < 4.78 is 53.3. The monoisotopic (exact) mass is 447 g/mol. The molecule has 0 fully saturated rings. The lowest BCUT2D eigenvalue weighted by Gasteiger charge is -2.10. The fourth-order valence-electron chi connectivity index (χ4n) is 2.76. The van der Waals surface area contributed by atoms with E-state index in [4.69, 9.17) is 0 Å². The third-order valence-corrected chi connectivity index (χ3v) is 6.13. The van der Waals surface area contributed by atoms with Gasteiger partial charge in [0.25, 0.3) is 5.56 Å². The highest BCUT2D eigenvalue weighted by Crippen LogP contribution is 2.21. The van der Waals surface area contributed by atoms with Crippen LogP contribution in [0, 0.1) is 11.6 Å². The van der Waals surface area contributed by atoms with Crippen LogP contribution in [-0.2, 0) is 21.2 Å². The van der Waals surface area contributed by atoms with Crippen molar-refractivity contribution in [1.82, 2.24) is 9.78 Å². The highest BCUT2D eigenvalue weighted by atomic mass is 32.2. The Hall–Kier alpha value is -3.40. The van der Waals surface area contributed by atoms with E-state index in [0.717, 1.165) is 35.9 Å². The van der Waals surface area contributed by atoms with E-state index in [-0.39, 0.29) is 10.8 Å². The Labute approximate surface area is 177 Å². The Bertz CT molecular complexity index is 1290. The first-order valence-corrected chi connectivity index (χ1v) is 10.7. The van der Waals surface area contributed by atoms with Crippen LogP contribution in [0.25, 0.3) is 0 Å². The Morgan fingerprint density at radius 2 is 1.74 bits per heavy atom. The number of nitrogens with one attached hydrogen (secondary N) is 1. The largest absolute Gasteiger partial charge is 0.322 e. The zero-order valence-corrected chi connectivity index (χ0v) is 17.5. The molecule has 3 rings (SSSR count). The van der Waals surface area contributed by atoms with Crippen LogP contribution in [0.3, 0.4) is 0 Å². The van der Waals surface area contributed by atoms with E-state index in [0.29, 0.717) is 4.68 Å². The predicted octanol–water partition coefficient (Wildman–Crippen LogP) is 3.12. The number of aromatic nitrogens is 2. The van der Waals surface area contributed by atoms with Crippen molar-refractivity contribution >= 4 is 21.4 Å². The number of hydrogen-bond acceptors (Lipinski definition) is 5. The number of anilines is 1. The van der Waals surface area contributed by atoms with Crippen molar-refractivity contribution in [2.75, 3.05) is 5.32 Å². The third kappa shape index (κ3) is 5.02. The van der Waals surface area contributed by atoms with Crippen molar-refractivity contribution in [2.45, 2.75) is 36.2 Å². The Balaban J connectivity index is 1.86. The molecule has 0 aliphatic rings. The standard InChI is InChI=1S/C21H19F2N3O4S/c1-13(2)14-3-6-16(7-4-14)31(29,30)20-9-10-21(28)26(25-20)12-19(27)24-18-11-15(22)5-8-17(18)23/h3-11,13H,12H2,1-2H3,(H,24,27). The van der Waals surface area contributed by atoms with Gasteiger partial charge in [0.15, 0.2) is 5.03 Å². The molecular weight excluding hydrogens is 428 g/mol. The molecule has 1 aromatic heterocycles. The zero-order chi connectivity index (χ0) is 22.8. The molecular formula is C21H19F2N3O4S. The van der Waals surface area contributed by atoms with E-state index in [1.165, 1.54) is 12.1 Å². The van der Waals surface area contributed by atoms with Crippen LogP contribution in [-0.4, -0.2) is 24.1 Å². The summed E-state index contributed by atoms with van der Waals surface area (Å²) in [6.07, 6.45) is 0. The Kier molecular flexibility index (Phi) is 6.30. The van der Waals surface area contributed by atoms with Gasteiger partial charge in [0, 0.05) is 12.1 Å². The number of amides is 1. The first kappa shape index (κ1) is 22.3. The maximum absolute atomic E-state index is 13.7. The lowest BCUT2D eigenvalue weighted by atomic mass is 10.0. The molecule has 0 aliphatic heterocycles. The summed E-state index contributed by atoms with van der Waals surface area (Å²) in [4.78, 5) is 24.2. The van der Waals surface area contributed by atoms with Gasteiger partial charge in [0.2, 0.25) is 15.7 Å². The topological polar surface area (TPSA) is 98.1 Å². The average Bonchev–Trinajstić information content (AvgIpc) is 2.72. The van der Waals surface area contributed by atoms with Gasteiger partial charge in [-0.2, -0.15) is 5.10 Å². The van der Waals surface area contributed by atoms with Crippen LogP contribution in [0.4, 0.5) is 14.5 Å². The number of sulfone groups is 1. The molecule has 7 nitrogen and oxygen atoms in total. The van der Waals surface area contributed by atoms with E-state index in [9.17, 15) is 26.8 Å². The fraction of sp³-hybridized carbons (Fsp3) is 0.190. The minimum atomic E-state index is -4.04. The minimum Gasteiger partial charge on any atom is -0.322 e. The van der Waals surface area contributed by atoms with E-state index >= 15 is 0 Å². The Morgan fingerprint density at radius 1 is 1.06 bits per heavy atom. The van der Waals surface area contributed by atoms with Gasteiger partial charge < -0.3 is 5.32 Å². The van der Waals surface area contributed by atoms with E-state index in [1.807, 2.05) is 13.8 Å². The molecule has 0 unspecified atom stereocenters. The minimum absolute atomic E-state index is 0.0131. The molecule has 3 aromatic rings. The quantitative estimate of drug-likeness (QED) is 0.626. The molecule has 31 heavy (non-hydrogen) atoms. The smallest absolute Gasteiger partial charge is 0.267 e. The second-order valence-corrected chi connectivity index (χ2v) is 8.96. The molecule has 0 radical (unpaired) electrons. The van der Waals surface area contributed by atoms with Gasteiger partial charge in [-0.3, -0.25) is 9.59 Å². The van der Waals surface area contributed by atoms with E-state index in [1.54, 1.807) is 12.1 Å². The normalized spacial score (nSPS) is 11.5. The summed E-state index contributed by atoms with van der Waals surface area (Å²) >= 11 is 0. The molecule has 0 saturated heterocycles. The molecule has 0 spiro atoms. The number of rotatable bonds is 6. The lowest BCUT2D eigenvalue weighted by Crippen LogP contribution is -2.30. The molecule has 1 N–H and O–H groups in total. The van der Waals surface area contributed by atoms with Gasteiger partial charge in [0.05, 0.1) is 10.6 Å². The number of carbonyl (C=O) groups is 1. The first-order chi connectivity index (χ1) is 14.6. The lowest BCUT2D eigenvalue weighted by molar-refractivity contribution is -0.117.